The number of rotatable bonds is 20. The minimum absolute atomic E-state index is 0.0217. The molecule has 0 radical (unpaired) electrons. The molecule has 6 rings (SSSR count). The number of ketones is 2. The van der Waals surface area contributed by atoms with Gasteiger partial charge in [0, 0.05) is 25.2 Å². The Bertz CT molecular complexity index is 1930. The van der Waals surface area contributed by atoms with E-state index >= 15 is 0 Å². The van der Waals surface area contributed by atoms with E-state index in [-0.39, 0.29) is 29.9 Å². The third-order valence-corrected chi connectivity index (χ3v) is 12.1. The zero-order chi connectivity index (χ0) is 40.0. The number of aryl methyl sites for hydroxylation is 3. The van der Waals surface area contributed by atoms with Crippen molar-refractivity contribution in [2.75, 3.05) is 27.2 Å². The van der Waals surface area contributed by atoms with Crippen LogP contribution in [0.5, 0.6) is 11.5 Å². The second-order valence-corrected chi connectivity index (χ2v) is 16.1. The lowest BCUT2D eigenvalue weighted by atomic mass is 9.68. The molecule has 3 aromatic rings. The largest absolute Gasteiger partial charge is 0.504 e. The lowest BCUT2D eigenvalue weighted by Crippen LogP contribution is -2.47. The van der Waals surface area contributed by atoms with Crippen molar-refractivity contribution in [3.63, 3.8) is 0 Å². The van der Waals surface area contributed by atoms with Gasteiger partial charge in [-0.15, -0.1) is 0 Å². The second kappa shape index (κ2) is 21.1. The van der Waals surface area contributed by atoms with E-state index in [9.17, 15) is 14.7 Å². The molecule has 2 aliphatic heterocycles. The number of carbonyl (C=O) groups is 2. The molecule has 1 unspecified atom stereocenters. The predicted molar refractivity (Wildman–Crippen MR) is 231 cm³/mol. The minimum Gasteiger partial charge on any atom is -0.504 e. The molecule has 0 aromatic heterocycles. The molecule has 0 spiro atoms. The molecule has 1 fully saturated rings. The van der Waals surface area contributed by atoms with Crippen molar-refractivity contribution in [1.29, 1.82) is 0 Å². The summed E-state index contributed by atoms with van der Waals surface area (Å²) in [4.78, 5) is 25.9. The smallest absolute Gasteiger partial charge is 0.163 e. The van der Waals surface area contributed by atoms with Crippen LogP contribution in [0.2, 0.25) is 0 Å². The van der Waals surface area contributed by atoms with Gasteiger partial charge in [-0.1, -0.05) is 85.7 Å². The summed E-state index contributed by atoms with van der Waals surface area (Å²) in [6.07, 6.45) is 21.5. The van der Waals surface area contributed by atoms with Crippen molar-refractivity contribution in [3.8, 4) is 11.5 Å². The fourth-order valence-corrected chi connectivity index (χ4v) is 8.95. The Kier molecular flexibility index (Phi) is 15.5. The van der Waals surface area contributed by atoms with E-state index < -0.39 is 0 Å². The van der Waals surface area contributed by atoms with Crippen LogP contribution in [0.15, 0.2) is 108 Å². The Balaban J connectivity index is 1.01. The number of phenols is 1. The van der Waals surface area contributed by atoms with Crippen molar-refractivity contribution in [2.45, 2.75) is 89.3 Å². The minimum atomic E-state index is -0.290. The van der Waals surface area contributed by atoms with E-state index in [4.69, 9.17) is 10.5 Å². The molecule has 8 heteroatoms. The van der Waals surface area contributed by atoms with Gasteiger partial charge in [0.25, 0.3) is 0 Å². The lowest BCUT2D eigenvalue weighted by molar-refractivity contribution is -0.124. The second-order valence-electron chi connectivity index (χ2n) is 16.1. The van der Waals surface area contributed by atoms with Crippen LogP contribution in [-0.2, 0) is 35.3 Å². The van der Waals surface area contributed by atoms with Gasteiger partial charge in [0.05, 0.1) is 19.7 Å². The molecule has 1 saturated heterocycles. The number of likely N-dealkylation sites (N-methyl/N-ethyl adjacent to an activating group) is 1. The quantitative estimate of drug-likeness (QED) is 0.0346. The molecule has 3 aliphatic rings. The number of allylic oxidation sites excluding steroid dienone is 3. The summed E-state index contributed by atoms with van der Waals surface area (Å²) in [5.74, 6) is 2.07. The number of dihydropyridines is 1. The first-order chi connectivity index (χ1) is 27.8. The average molecular weight is 771 g/mol. The molecular weight excluding hydrogens is 709 g/mol. The van der Waals surface area contributed by atoms with Crippen LogP contribution in [0.3, 0.4) is 0 Å². The number of hydrogen-bond donors (Lipinski definition) is 5. The van der Waals surface area contributed by atoms with E-state index in [0.717, 1.165) is 86.7 Å². The van der Waals surface area contributed by atoms with Gasteiger partial charge in [-0.2, -0.15) is 0 Å². The molecule has 0 saturated carbocycles. The third-order valence-electron chi connectivity index (χ3n) is 12.1. The maximum atomic E-state index is 13.0. The van der Waals surface area contributed by atoms with Crippen molar-refractivity contribution in [1.82, 2.24) is 16.0 Å². The molecule has 302 valence electrons. The average Bonchev–Trinajstić information content (AvgIpc) is 3.23. The SMILES string of the molecule is CN[C@@H]1C=C[C@@H]2CNCC[C@H]2[C@H]1CCCCCC(=O)CC(=O)/C=C/c1cc(OC)c(O)cc1CC1=CNC(N)C=C1CCc1cccc(CCc2ccccc2)c1. The number of aromatic hydroxyl groups is 1. The monoisotopic (exact) mass is 770 g/mol. The molecule has 0 bridgehead atoms. The summed E-state index contributed by atoms with van der Waals surface area (Å²) < 4.78 is 5.43. The van der Waals surface area contributed by atoms with E-state index in [0.29, 0.717) is 42.4 Å². The van der Waals surface area contributed by atoms with Crippen LogP contribution >= 0.6 is 0 Å². The number of hydrogen-bond acceptors (Lipinski definition) is 8. The van der Waals surface area contributed by atoms with Crippen LogP contribution in [0.1, 0.15) is 79.2 Å². The molecule has 1 aliphatic carbocycles. The van der Waals surface area contributed by atoms with Gasteiger partial charge < -0.3 is 31.5 Å². The number of benzene rings is 3. The van der Waals surface area contributed by atoms with Gasteiger partial charge >= 0.3 is 0 Å². The van der Waals surface area contributed by atoms with E-state index in [1.165, 1.54) is 36.3 Å². The lowest BCUT2D eigenvalue weighted by Gasteiger charge is -2.42. The third kappa shape index (κ3) is 12.1. The number of piperidine rings is 1. The van der Waals surface area contributed by atoms with Crippen LogP contribution in [0.25, 0.3) is 6.08 Å². The van der Waals surface area contributed by atoms with Crippen molar-refractivity contribution in [3.05, 3.63) is 136 Å². The molecule has 6 N–H and O–H groups in total. The Morgan fingerprint density at radius 3 is 2.49 bits per heavy atom. The van der Waals surface area contributed by atoms with Gasteiger partial charge in [-0.3, -0.25) is 9.59 Å². The number of fused-ring (bicyclic) bond motifs is 1. The summed E-state index contributed by atoms with van der Waals surface area (Å²) in [6, 6.07) is 23.3. The topological polar surface area (TPSA) is 126 Å². The highest BCUT2D eigenvalue weighted by atomic mass is 16.5. The fraction of sp³-hybridized carbons (Fsp3) is 0.429. The van der Waals surface area contributed by atoms with E-state index in [1.807, 2.05) is 6.20 Å². The number of Topliss-reactive ketones (excluding diaryl/α,β-unsaturated/α-hetero) is 1. The zero-order valence-corrected chi connectivity index (χ0v) is 33.9. The summed E-state index contributed by atoms with van der Waals surface area (Å²) in [5.41, 5.74) is 14.1. The number of nitrogens with one attached hydrogen (secondary N) is 3. The van der Waals surface area contributed by atoms with Crippen LogP contribution in [-0.4, -0.2) is 56.1 Å². The first kappa shape index (κ1) is 41.9. The fourth-order valence-electron chi connectivity index (χ4n) is 8.95. The number of ether oxygens (including phenoxy) is 1. The summed E-state index contributed by atoms with van der Waals surface area (Å²) in [6.45, 7) is 2.16. The number of carbonyl (C=O) groups excluding carboxylic acids is 2. The molecule has 0 amide bonds. The Morgan fingerprint density at radius 1 is 0.930 bits per heavy atom. The van der Waals surface area contributed by atoms with Gasteiger partial charge in [0.2, 0.25) is 0 Å². The molecule has 8 nitrogen and oxygen atoms in total. The van der Waals surface area contributed by atoms with E-state index in [2.05, 4.69) is 95.8 Å². The highest BCUT2D eigenvalue weighted by Crippen LogP contribution is 2.38. The molecule has 2 heterocycles. The molecule has 5 atom stereocenters. The van der Waals surface area contributed by atoms with Crippen molar-refractivity contribution < 1.29 is 19.4 Å². The van der Waals surface area contributed by atoms with Gasteiger partial charge in [0.1, 0.15) is 5.78 Å². The number of unbranched alkanes of at least 4 members (excludes halogenated alkanes) is 2. The number of phenolic OH excluding ortho intramolecular Hbond substituents is 1. The van der Waals surface area contributed by atoms with Crippen LogP contribution < -0.4 is 26.4 Å². The standard InChI is InChI=1S/C49H62N4O4/c1-51-46-23-21-39-32-52-25-24-44(39)45(46)15-8-4-7-14-42(54)31-43(55)22-20-37-29-48(57-2)47(56)28-40(37)27-41-33-53-49(50)30-38(41)19-18-36-13-9-12-35(26-36)17-16-34-10-5-3-6-11-34/h3,5-6,9-13,20-23,26,28-30,33,39,44-46,49,51-53,56H,4,7-8,14-19,24-25,27,31-32,50H2,1-2H3/b22-20+/t39-,44-,45-,46-,49?/m1/s1. The molecule has 57 heavy (non-hydrogen) atoms. The van der Waals surface area contributed by atoms with Crippen molar-refractivity contribution >= 4 is 17.6 Å². The van der Waals surface area contributed by atoms with Gasteiger partial charge in [-0.25, -0.2) is 0 Å². The molecule has 3 aromatic carbocycles. The zero-order valence-electron chi connectivity index (χ0n) is 33.9. The van der Waals surface area contributed by atoms with Crippen LogP contribution in [0.4, 0.5) is 0 Å². The van der Waals surface area contributed by atoms with E-state index in [1.54, 1.807) is 18.2 Å². The maximum absolute atomic E-state index is 13.0. The first-order valence-corrected chi connectivity index (χ1v) is 21.0. The van der Waals surface area contributed by atoms with Crippen LogP contribution in [0, 0.1) is 17.8 Å². The number of nitrogens with two attached hydrogens (primary N) is 1. The van der Waals surface area contributed by atoms with Gasteiger partial charge in [0.15, 0.2) is 17.3 Å². The summed E-state index contributed by atoms with van der Waals surface area (Å²) in [5, 5.41) is 21.1. The normalized spacial score (nSPS) is 21.7. The van der Waals surface area contributed by atoms with Crippen molar-refractivity contribution in [2.24, 2.45) is 23.5 Å². The number of methoxy groups -OCH3 is 1. The molecular formula is C49H62N4O4. The highest BCUT2D eigenvalue weighted by Gasteiger charge is 2.36. The highest BCUT2D eigenvalue weighted by molar-refractivity contribution is 6.06. The van der Waals surface area contributed by atoms with Gasteiger partial charge in [-0.05, 0) is 146 Å². The maximum Gasteiger partial charge on any atom is 0.163 e. The predicted octanol–water partition coefficient (Wildman–Crippen LogP) is 7.55. The Morgan fingerprint density at radius 2 is 1.70 bits per heavy atom. The Labute approximate surface area is 339 Å². The Hall–Kier alpha value is -4.76. The summed E-state index contributed by atoms with van der Waals surface area (Å²) >= 11 is 0. The first-order valence-electron chi connectivity index (χ1n) is 21.0. The summed E-state index contributed by atoms with van der Waals surface area (Å²) in [7, 11) is 3.56.